The van der Waals surface area contributed by atoms with E-state index < -0.39 is 5.97 Å². The van der Waals surface area contributed by atoms with E-state index in [2.05, 4.69) is 10.3 Å². The van der Waals surface area contributed by atoms with Crippen molar-refractivity contribution >= 4 is 34.3 Å². The number of carbonyl (C=O) groups is 3. The summed E-state index contributed by atoms with van der Waals surface area (Å²) in [6.07, 6.45) is 1.09. The number of Topliss-reactive ketones (excluding diaryl/α,β-unsaturated/α-hetero) is 1. The first-order valence-corrected chi connectivity index (χ1v) is 7.44. The third kappa shape index (κ3) is 3.26. The lowest BCUT2D eigenvalue weighted by atomic mass is 10.0. The summed E-state index contributed by atoms with van der Waals surface area (Å²) in [6.45, 7) is 5.16. The van der Waals surface area contributed by atoms with Gasteiger partial charge in [0, 0.05) is 23.1 Å². The Balaban J connectivity index is 2.68. The van der Waals surface area contributed by atoms with Gasteiger partial charge < -0.3 is 15.0 Å². The van der Waals surface area contributed by atoms with Crippen molar-refractivity contribution in [1.82, 2.24) is 4.98 Å². The van der Waals surface area contributed by atoms with Crippen molar-refractivity contribution < 1.29 is 19.1 Å². The minimum absolute atomic E-state index is 0.110. The van der Waals surface area contributed by atoms with Crippen molar-refractivity contribution in [3.05, 3.63) is 29.0 Å². The lowest BCUT2D eigenvalue weighted by Gasteiger charge is -2.09. The molecule has 1 amide bonds. The number of ketones is 1. The molecule has 0 saturated carbocycles. The zero-order valence-electron chi connectivity index (χ0n) is 13.7. The minimum Gasteiger partial charge on any atom is -0.465 e. The highest BCUT2D eigenvalue weighted by Crippen LogP contribution is 2.30. The average Bonchev–Trinajstić information content (AvgIpc) is 2.82. The van der Waals surface area contributed by atoms with E-state index >= 15 is 0 Å². The van der Waals surface area contributed by atoms with E-state index in [-0.39, 0.29) is 17.3 Å². The van der Waals surface area contributed by atoms with E-state index in [9.17, 15) is 14.4 Å². The summed E-state index contributed by atoms with van der Waals surface area (Å²) >= 11 is 0. The number of ether oxygens (including phenoxy) is 1. The first-order chi connectivity index (χ1) is 10.9. The highest BCUT2D eigenvalue weighted by molar-refractivity contribution is 6.14. The SMILES string of the molecule is CCCC(=O)Nc1cc(C(=O)OC)cc2c(C(C)=O)c(C)[nH]c12. The van der Waals surface area contributed by atoms with Crippen LogP contribution in [0.5, 0.6) is 0 Å². The number of anilines is 1. The molecule has 2 aromatic rings. The predicted molar refractivity (Wildman–Crippen MR) is 87.9 cm³/mol. The number of nitrogens with one attached hydrogen (secondary N) is 2. The Morgan fingerprint density at radius 2 is 1.96 bits per heavy atom. The Morgan fingerprint density at radius 3 is 2.52 bits per heavy atom. The molecule has 0 aliphatic carbocycles. The number of esters is 1. The van der Waals surface area contributed by atoms with Gasteiger partial charge >= 0.3 is 5.97 Å². The predicted octanol–water partition coefficient (Wildman–Crippen LogP) is 3.20. The van der Waals surface area contributed by atoms with E-state index in [0.717, 1.165) is 0 Å². The molecule has 0 radical (unpaired) electrons. The molecule has 0 aliphatic rings. The van der Waals surface area contributed by atoms with E-state index in [1.54, 1.807) is 19.1 Å². The summed E-state index contributed by atoms with van der Waals surface area (Å²) in [7, 11) is 1.29. The van der Waals surface area contributed by atoms with Gasteiger partial charge in [0.2, 0.25) is 5.91 Å². The van der Waals surface area contributed by atoms with Gasteiger partial charge in [0.25, 0.3) is 0 Å². The molecule has 0 spiro atoms. The van der Waals surface area contributed by atoms with Gasteiger partial charge in [0.05, 0.1) is 23.9 Å². The molecule has 0 saturated heterocycles. The van der Waals surface area contributed by atoms with Crippen molar-refractivity contribution in [2.75, 3.05) is 12.4 Å². The van der Waals surface area contributed by atoms with Crippen LogP contribution in [-0.4, -0.2) is 29.8 Å². The Hall–Kier alpha value is -2.63. The number of rotatable bonds is 5. The third-order valence-corrected chi connectivity index (χ3v) is 3.62. The first kappa shape index (κ1) is 16.7. The molecule has 122 valence electrons. The zero-order chi connectivity index (χ0) is 17.1. The number of methoxy groups -OCH3 is 1. The van der Waals surface area contributed by atoms with Crippen LogP contribution in [0.1, 0.15) is 53.1 Å². The van der Waals surface area contributed by atoms with Gasteiger partial charge in [-0.15, -0.1) is 0 Å². The summed E-state index contributed by atoms with van der Waals surface area (Å²) in [5, 5.41) is 3.40. The van der Waals surface area contributed by atoms with Gasteiger partial charge in [0.1, 0.15) is 0 Å². The van der Waals surface area contributed by atoms with Gasteiger partial charge in [-0.05, 0) is 32.4 Å². The number of aromatic amines is 1. The fourth-order valence-corrected chi connectivity index (χ4v) is 2.65. The molecular weight excluding hydrogens is 296 g/mol. The maximum absolute atomic E-state index is 11.9. The summed E-state index contributed by atoms with van der Waals surface area (Å²) in [4.78, 5) is 38.8. The van der Waals surface area contributed by atoms with Crippen LogP contribution in [0.3, 0.4) is 0 Å². The molecule has 23 heavy (non-hydrogen) atoms. The van der Waals surface area contributed by atoms with E-state index in [4.69, 9.17) is 4.74 Å². The number of hydrogen-bond acceptors (Lipinski definition) is 4. The number of hydrogen-bond donors (Lipinski definition) is 2. The fourth-order valence-electron chi connectivity index (χ4n) is 2.65. The van der Waals surface area contributed by atoms with Gasteiger partial charge in [-0.2, -0.15) is 0 Å². The van der Waals surface area contributed by atoms with Crippen LogP contribution >= 0.6 is 0 Å². The second-order valence-electron chi connectivity index (χ2n) is 5.42. The highest BCUT2D eigenvalue weighted by Gasteiger charge is 2.19. The Labute approximate surface area is 134 Å². The lowest BCUT2D eigenvalue weighted by molar-refractivity contribution is -0.116. The van der Waals surface area contributed by atoms with Gasteiger partial charge in [-0.3, -0.25) is 9.59 Å². The van der Waals surface area contributed by atoms with Crippen LogP contribution in [0.25, 0.3) is 10.9 Å². The molecule has 0 bridgehead atoms. The number of H-pyrrole nitrogens is 1. The number of amides is 1. The molecule has 2 N–H and O–H groups in total. The molecule has 1 heterocycles. The van der Waals surface area contributed by atoms with E-state index in [0.29, 0.717) is 40.7 Å². The number of carbonyl (C=O) groups excluding carboxylic acids is 3. The standard InChI is InChI=1S/C17H20N2O4/c1-5-6-14(21)19-13-8-11(17(22)23-4)7-12-15(10(3)20)9(2)18-16(12)13/h7-8,18H,5-6H2,1-4H3,(H,19,21). The fraction of sp³-hybridized carbons (Fsp3) is 0.353. The van der Waals surface area contributed by atoms with Crippen LogP contribution < -0.4 is 5.32 Å². The number of aromatic nitrogens is 1. The second kappa shape index (κ2) is 6.64. The van der Waals surface area contributed by atoms with Crippen LogP contribution in [0.4, 0.5) is 5.69 Å². The molecular formula is C17H20N2O4. The minimum atomic E-state index is -0.522. The Kier molecular flexibility index (Phi) is 4.83. The average molecular weight is 316 g/mol. The highest BCUT2D eigenvalue weighted by atomic mass is 16.5. The number of benzene rings is 1. The number of aryl methyl sites for hydroxylation is 1. The van der Waals surface area contributed by atoms with Crippen LogP contribution in [0, 0.1) is 6.92 Å². The van der Waals surface area contributed by atoms with Crippen molar-refractivity contribution in [3.8, 4) is 0 Å². The van der Waals surface area contributed by atoms with Crippen molar-refractivity contribution in [2.45, 2.75) is 33.6 Å². The number of fused-ring (bicyclic) bond motifs is 1. The lowest BCUT2D eigenvalue weighted by Crippen LogP contribution is -2.12. The van der Waals surface area contributed by atoms with Crippen molar-refractivity contribution in [1.29, 1.82) is 0 Å². The zero-order valence-corrected chi connectivity index (χ0v) is 13.7. The Bertz CT molecular complexity index is 789. The quantitative estimate of drug-likeness (QED) is 0.655. The van der Waals surface area contributed by atoms with Gasteiger partial charge in [-0.1, -0.05) is 6.92 Å². The van der Waals surface area contributed by atoms with E-state index in [1.807, 2.05) is 6.92 Å². The normalized spacial score (nSPS) is 10.6. The topological polar surface area (TPSA) is 88.3 Å². The first-order valence-electron chi connectivity index (χ1n) is 7.44. The molecule has 1 aromatic heterocycles. The summed E-state index contributed by atoms with van der Waals surface area (Å²) in [5.74, 6) is -0.778. The largest absolute Gasteiger partial charge is 0.465 e. The second-order valence-corrected chi connectivity index (χ2v) is 5.42. The molecule has 0 unspecified atom stereocenters. The van der Waals surface area contributed by atoms with Gasteiger partial charge in [-0.25, -0.2) is 4.79 Å². The molecule has 1 aromatic carbocycles. The van der Waals surface area contributed by atoms with E-state index in [1.165, 1.54) is 14.0 Å². The molecule has 0 atom stereocenters. The molecule has 2 rings (SSSR count). The maximum atomic E-state index is 11.9. The monoisotopic (exact) mass is 316 g/mol. The molecule has 0 aliphatic heterocycles. The van der Waals surface area contributed by atoms with Crippen molar-refractivity contribution in [3.63, 3.8) is 0 Å². The maximum Gasteiger partial charge on any atom is 0.337 e. The molecule has 6 heteroatoms. The Morgan fingerprint density at radius 1 is 1.26 bits per heavy atom. The third-order valence-electron chi connectivity index (χ3n) is 3.62. The molecule has 0 fully saturated rings. The van der Waals surface area contributed by atoms with Crippen molar-refractivity contribution in [2.24, 2.45) is 0 Å². The van der Waals surface area contributed by atoms with Crippen LogP contribution in [-0.2, 0) is 9.53 Å². The molecule has 6 nitrogen and oxygen atoms in total. The summed E-state index contributed by atoms with van der Waals surface area (Å²) in [6, 6.07) is 3.17. The summed E-state index contributed by atoms with van der Waals surface area (Å²) < 4.78 is 4.75. The van der Waals surface area contributed by atoms with Crippen LogP contribution in [0.15, 0.2) is 12.1 Å². The smallest absolute Gasteiger partial charge is 0.337 e. The summed E-state index contributed by atoms with van der Waals surface area (Å²) in [5.41, 5.74) is 2.59. The van der Waals surface area contributed by atoms with Crippen LogP contribution in [0.2, 0.25) is 0 Å². The van der Waals surface area contributed by atoms with Gasteiger partial charge in [0.15, 0.2) is 5.78 Å².